The Labute approximate surface area is 432 Å². The number of carboxylic acid groups (broad SMARTS) is 2. The topological polar surface area (TPSA) is 133 Å². The van der Waals surface area contributed by atoms with E-state index in [0.29, 0.717) is 14.8 Å². The summed E-state index contributed by atoms with van der Waals surface area (Å²) in [6.07, 6.45) is 4.72. The predicted molar refractivity (Wildman–Crippen MR) is 254 cm³/mol. The van der Waals surface area contributed by atoms with Crippen molar-refractivity contribution in [3.05, 3.63) is 162 Å². The molecular weight excluding hydrogens is 929 g/mol. The Kier molecular flexibility index (Phi) is 27.8. The number of benzene rings is 3. The van der Waals surface area contributed by atoms with Crippen molar-refractivity contribution in [2.45, 2.75) is 53.8 Å². The van der Waals surface area contributed by atoms with Crippen LogP contribution in [0.25, 0.3) is 12.2 Å². The van der Waals surface area contributed by atoms with Gasteiger partial charge >= 0.3 is 63.3 Å². The normalized spacial score (nSPS) is 10.4. The third-order valence-corrected chi connectivity index (χ3v) is 15.6. The number of aryl methyl sites for hydroxylation is 2. The molecule has 0 radical (unpaired) electrons. The van der Waals surface area contributed by atoms with Crippen LogP contribution in [-0.4, -0.2) is 52.0 Å². The zero-order chi connectivity index (χ0) is 44.1. The number of carbonyl (C=O) groups is 2. The molecule has 0 bridgehead atoms. The molecule has 3 aromatic carbocycles. The Morgan fingerprint density at radius 2 is 1.18 bits per heavy atom. The van der Waals surface area contributed by atoms with Gasteiger partial charge in [0, 0.05) is 15.6 Å². The Morgan fingerprint density at radius 3 is 1.52 bits per heavy atom. The summed E-state index contributed by atoms with van der Waals surface area (Å²) in [5, 5.41) is 38.5. The summed E-state index contributed by atoms with van der Waals surface area (Å²) in [4.78, 5) is 31.6. The molecule has 0 aliphatic heterocycles. The second-order valence-corrected chi connectivity index (χ2v) is 21.0. The van der Waals surface area contributed by atoms with Gasteiger partial charge < -0.3 is 32.5 Å². The summed E-state index contributed by atoms with van der Waals surface area (Å²) in [7, 11) is -1.31. The number of alkyl halides is 1. The van der Waals surface area contributed by atoms with Gasteiger partial charge in [0.15, 0.2) is 5.06 Å². The van der Waals surface area contributed by atoms with Crippen molar-refractivity contribution in [2.75, 3.05) is 14.3 Å². The van der Waals surface area contributed by atoms with Crippen LogP contribution in [0.3, 0.4) is 0 Å². The SMILES string of the molecule is C.CC(C)(C)[O-].COc1ccc(C(=O)O)s1.Cc1nc(C=Cc2ccc(C(=O)O)s2)cs1.Cc1nc(C[P+](c2ccccc2)(c2ccccc2)c2ccccc2)cs1.[2H]CF.[Cl-].[K+]. The number of thiophene rings is 2. The number of nitrogens with zero attached hydrogens (tertiary/aromatic N) is 2. The summed E-state index contributed by atoms with van der Waals surface area (Å²) in [5.41, 5.74) is 1.35. The van der Waals surface area contributed by atoms with Gasteiger partial charge in [0.1, 0.15) is 39.1 Å². The molecule has 326 valence electrons. The van der Waals surface area contributed by atoms with Crippen molar-refractivity contribution in [3.8, 4) is 5.06 Å². The van der Waals surface area contributed by atoms with Crippen molar-refractivity contribution in [1.29, 1.82) is 0 Å². The number of rotatable bonds is 10. The van der Waals surface area contributed by atoms with Gasteiger partial charge in [-0.05, 0) is 86.7 Å². The fourth-order valence-electron chi connectivity index (χ4n) is 5.22. The summed E-state index contributed by atoms with van der Waals surface area (Å²) < 4.78 is 20.3. The molecule has 0 unspecified atom stereocenters. The number of hydrogen-bond donors (Lipinski definition) is 2. The van der Waals surface area contributed by atoms with Crippen LogP contribution in [0.5, 0.6) is 5.06 Å². The first-order valence-corrected chi connectivity index (χ1v) is 23.3. The maximum atomic E-state index is 10.7. The average molecular weight is 983 g/mol. The molecule has 0 fully saturated rings. The first kappa shape index (κ1) is 57.1. The molecule has 7 rings (SSSR count). The number of thiazole rings is 2. The number of halogens is 2. The third-order valence-electron chi connectivity index (χ3n) is 7.54. The molecule has 0 aliphatic rings. The molecule has 4 heterocycles. The molecule has 62 heavy (non-hydrogen) atoms. The first-order chi connectivity index (χ1) is 28.6. The minimum absolute atomic E-state index is 0. The zero-order valence-corrected chi connectivity index (χ0v) is 43.0. The number of aromatic nitrogens is 2. The maximum absolute atomic E-state index is 10.7. The van der Waals surface area contributed by atoms with Gasteiger partial charge in [-0.3, -0.25) is 4.39 Å². The molecule has 0 amide bonds. The van der Waals surface area contributed by atoms with Crippen molar-refractivity contribution >= 4 is 92.6 Å². The van der Waals surface area contributed by atoms with Gasteiger partial charge in [0.05, 0.1) is 37.0 Å². The molecule has 8 nitrogen and oxygen atoms in total. The van der Waals surface area contributed by atoms with Crippen LogP contribution in [0, 0.1) is 13.8 Å². The zero-order valence-electron chi connectivity index (χ0n) is 36.0. The first-order valence-electron chi connectivity index (χ1n) is 18.6. The molecule has 2 N–H and O–H groups in total. The molecular formula is C46H52ClFKN2O6PS4. The Balaban J connectivity index is 0.000000891. The average Bonchev–Trinajstić information content (AvgIpc) is 4.06. The van der Waals surface area contributed by atoms with E-state index < -0.39 is 32.0 Å². The number of ether oxygens (including phenoxy) is 1. The smallest absolute Gasteiger partial charge is 1.00 e. The van der Waals surface area contributed by atoms with Crippen LogP contribution in [0.4, 0.5) is 4.39 Å². The molecule has 7 aromatic rings. The quantitative estimate of drug-likeness (QED) is 0.142. The van der Waals surface area contributed by atoms with Crippen molar-refractivity contribution in [1.82, 2.24) is 9.97 Å². The molecule has 0 saturated heterocycles. The number of aromatic carboxylic acids is 2. The van der Waals surface area contributed by atoms with Crippen LogP contribution in [0.1, 0.15) is 75.2 Å². The van der Waals surface area contributed by atoms with Gasteiger partial charge in [0.25, 0.3) is 0 Å². The fraction of sp³-hybridized carbons (Fsp3) is 0.217. The summed E-state index contributed by atoms with van der Waals surface area (Å²) >= 11 is 5.71. The van der Waals surface area contributed by atoms with Gasteiger partial charge in [-0.2, -0.15) is 0 Å². The van der Waals surface area contributed by atoms with Crippen LogP contribution in [0.15, 0.2) is 126 Å². The second-order valence-electron chi connectivity index (χ2n) is 13.2. The molecule has 0 aliphatic carbocycles. The van der Waals surface area contributed by atoms with Crippen molar-refractivity contribution < 1.29 is 99.2 Å². The van der Waals surface area contributed by atoms with Crippen molar-refractivity contribution in [3.63, 3.8) is 0 Å². The maximum Gasteiger partial charge on any atom is 1.00 e. The van der Waals surface area contributed by atoms with Crippen molar-refractivity contribution in [2.24, 2.45) is 0 Å². The molecule has 16 heteroatoms. The van der Waals surface area contributed by atoms with E-state index in [1.54, 1.807) is 61.6 Å². The van der Waals surface area contributed by atoms with E-state index in [9.17, 15) is 19.1 Å². The minimum Gasteiger partial charge on any atom is -1.00 e. The summed E-state index contributed by atoms with van der Waals surface area (Å²) in [6.45, 7) is 8.94. The van der Waals surface area contributed by atoms with Gasteiger partial charge in [0.2, 0.25) is 0 Å². The molecule has 0 saturated carbocycles. The van der Waals surface area contributed by atoms with Crippen LogP contribution < -0.4 is 89.5 Å². The molecule has 0 atom stereocenters. The Hall–Kier alpha value is -2.95. The van der Waals surface area contributed by atoms with Gasteiger partial charge in [-0.25, -0.2) is 19.6 Å². The van der Waals surface area contributed by atoms with Gasteiger partial charge in [-0.15, -0.1) is 39.6 Å². The van der Waals surface area contributed by atoms with Crippen LogP contribution in [-0.2, 0) is 6.16 Å². The second kappa shape index (κ2) is 30.2. The predicted octanol–water partition coefficient (Wildman–Crippen LogP) is 5.16. The van der Waals surface area contributed by atoms with E-state index >= 15 is 0 Å². The largest absolute Gasteiger partial charge is 1.00 e. The van der Waals surface area contributed by atoms with Crippen LogP contribution in [0.2, 0.25) is 0 Å². The monoisotopic (exact) mass is 981 g/mol. The van der Waals surface area contributed by atoms with E-state index in [2.05, 4.69) is 108 Å². The Bertz CT molecular complexity index is 2260. The van der Waals surface area contributed by atoms with E-state index in [1.165, 1.54) is 46.1 Å². The third kappa shape index (κ3) is 19.8. The minimum atomic E-state index is -1.82. The summed E-state index contributed by atoms with van der Waals surface area (Å²) in [6, 6.07) is 39.5. The number of methoxy groups -OCH3 is 1. The van der Waals surface area contributed by atoms with E-state index in [1.807, 2.05) is 24.5 Å². The van der Waals surface area contributed by atoms with Crippen LogP contribution >= 0.6 is 52.6 Å². The standard InChI is InChI=1S/C23H21NPS.C11H9NO2S2.C6H6O3S.C4H9O.CH3F.CH4.ClH.K/c1-19-24-20(18-26-19)17-25(21-11-5-2-6-12-21,22-13-7-3-8-14-22)23-15-9-4-10-16-23;1-7-12-8(6-15-7)2-3-9-4-5-10(16-9)11(13)14;1-9-5-3-2-4(10-5)6(7)8;1-4(2,3)5;1-2;;;/h2-16,18H,17H2,1H3;2-6H,1H3,(H,13,14);2-3H,1H3,(H,7,8);1-3H3;1H3;1H4;1H;/q+1;;;-1;;;;+1/p-1/i;;;;1D;;;. The van der Waals surface area contributed by atoms with E-state index in [-0.39, 0.29) is 71.2 Å². The Morgan fingerprint density at radius 1 is 0.758 bits per heavy atom. The summed E-state index contributed by atoms with van der Waals surface area (Å²) in [5.74, 6) is -1.79. The number of carboxylic acids is 2. The number of hydrogen-bond acceptors (Lipinski definition) is 10. The van der Waals surface area contributed by atoms with E-state index in [4.69, 9.17) is 21.3 Å². The van der Waals surface area contributed by atoms with Gasteiger partial charge in [-0.1, -0.05) is 94.1 Å². The van der Waals surface area contributed by atoms with E-state index in [0.717, 1.165) is 38.1 Å². The molecule has 4 aromatic heterocycles. The fourth-order valence-corrected chi connectivity index (χ4v) is 12.1. The molecule has 0 spiro atoms.